The van der Waals surface area contributed by atoms with E-state index in [4.69, 9.17) is 14.9 Å². The van der Waals surface area contributed by atoms with E-state index in [-0.39, 0.29) is 25.2 Å². The summed E-state index contributed by atoms with van der Waals surface area (Å²) in [5.74, 6) is -2.82. The number of ether oxygens (including phenoxy) is 1. The molecule has 1 aromatic rings. The predicted molar refractivity (Wildman–Crippen MR) is 85.5 cm³/mol. The number of thioether (sulfide) groups is 1. The second kappa shape index (κ2) is 10.3. The standard InChI is InChI=1S/C15H17NO7S/c17-12(18)9-24-13(19)7-6-11(14(20)21)16-15(22)23-8-10-4-2-1-3-5-10/h1-5,11H,6-9H2,(H,16,22)(H,17,18)(H,20,21). The Bertz CT molecular complexity index is 591. The van der Waals surface area contributed by atoms with Crippen molar-refractivity contribution in [3.05, 3.63) is 35.9 Å². The second-order valence-electron chi connectivity index (χ2n) is 4.69. The minimum atomic E-state index is -1.30. The summed E-state index contributed by atoms with van der Waals surface area (Å²) >= 11 is 0.589. The van der Waals surface area contributed by atoms with Crippen LogP contribution in [0.5, 0.6) is 0 Å². The number of carbonyl (C=O) groups excluding carboxylic acids is 2. The lowest BCUT2D eigenvalue weighted by Gasteiger charge is -2.14. The summed E-state index contributed by atoms with van der Waals surface area (Å²) in [5, 5.41) is 19.2. The summed E-state index contributed by atoms with van der Waals surface area (Å²) < 4.78 is 4.91. The average Bonchev–Trinajstić information content (AvgIpc) is 2.55. The first-order valence-electron chi connectivity index (χ1n) is 6.96. The number of carboxylic acid groups (broad SMARTS) is 2. The van der Waals surface area contributed by atoms with Crippen LogP contribution in [0.2, 0.25) is 0 Å². The van der Waals surface area contributed by atoms with Crippen molar-refractivity contribution in [2.45, 2.75) is 25.5 Å². The molecule has 0 heterocycles. The van der Waals surface area contributed by atoms with E-state index >= 15 is 0 Å². The molecular formula is C15H17NO7S. The molecule has 0 spiro atoms. The highest BCUT2D eigenvalue weighted by atomic mass is 32.2. The molecule has 1 unspecified atom stereocenters. The third kappa shape index (κ3) is 8.18. The molecule has 0 fully saturated rings. The zero-order chi connectivity index (χ0) is 17.9. The first-order valence-corrected chi connectivity index (χ1v) is 7.94. The molecule has 8 nitrogen and oxygen atoms in total. The van der Waals surface area contributed by atoms with Crippen molar-refractivity contribution in [1.29, 1.82) is 0 Å². The summed E-state index contributed by atoms with van der Waals surface area (Å²) in [5.41, 5.74) is 0.750. The lowest BCUT2D eigenvalue weighted by molar-refractivity contribution is -0.139. The van der Waals surface area contributed by atoms with E-state index in [1.165, 1.54) is 0 Å². The molecule has 0 bridgehead atoms. The molecule has 1 rings (SSSR count). The van der Waals surface area contributed by atoms with Gasteiger partial charge in [0.15, 0.2) is 5.12 Å². The Kier molecular flexibility index (Phi) is 8.34. The summed E-state index contributed by atoms with van der Waals surface area (Å²) in [6.45, 7) is -0.00753. The molecule has 0 radical (unpaired) electrons. The largest absolute Gasteiger partial charge is 0.481 e. The van der Waals surface area contributed by atoms with Crippen molar-refractivity contribution in [3.63, 3.8) is 0 Å². The SMILES string of the molecule is O=C(O)CSC(=O)CCC(NC(=O)OCc1ccccc1)C(=O)O. The number of hydrogen-bond donors (Lipinski definition) is 3. The quantitative estimate of drug-likeness (QED) is 0.607. The lowest BCUT2D eigenvalue weighted by Crippen LogP contribution is -2.41. The maximum Gasteiger partial charge on any atom is 0.408 e. The molecule has 130 valence electrons. The van der Waals surface area contributed by atoms with Crippen LogP contribution in [0.25, 0.3) is 0 Å². The Morgan fingerprint density at radius 2 is 1.79 bits per heavy atom. The van der Waals surface area contributed by atoms with E-state index in [1.807, 2.05) is 6.07 Å². The lowest BCUT2D eigenvalue weighted by atomic mass is 10.2. The minimum Gasteiger partial charge on any atom is -0.481 e. The van der Waals surface area contributed by atoms with Gasteiger partial charge in [0.05, 0.1) is 5.75 Å². The zero-order valence-electron chi connectivity index (χ0n) is 12.6. The van der Waals surface area contributed by atoms with Crippen LogP contribution in [-0.2, 0) is 25.7 Å². The molecular weight excluding hydrogens is 338 g/mol. The van der Waals surface area contributed by atoms with Gasteiger partial charge in [-0.1, -0.05) is 42.1 Å². The van der Waals surface area contributed by atoms with Crippen LogP contribution in [0.15, 0.2) is 30.3 Å². The maximum absolute atomic E-state index is 11.6. The van der Waals surface area contributed by atoms with Crippen molar-refractivity contribution >= 4 is 34.9 Å². The van der Waals surface area contributed by atoms with E-state index in [9.17, 15) is 19.2 Å². The number of rotatable bonds is 9. The van der Waals surface area contributed by atoms with E-state index in [1.54, 1.807) is 24.3 Å². The molecule has 1 atom stereocenters. The van der Waals surface area contributed by atoms with Gasteiger partial charge < -0.3 is 20.3 Å². The number of nitrogens with one attached hydrogen (secondary N) is 1. The smallest absolute Gasteiger partial charge is 0.408 e. The zero-order valence-corrected chi connectivity index (χ0v) is 13.5. The van der Waals surface area contributed by atoms with Crippen molar-refractivity contribution in [2.75, 3.05) is 5.75 Å². The molecule has 1 amide bonds. The molecule has 3 N–H and O–H groups in total. The van der Waals surface area contributed by atoms with Gasteiger partial charge in [0.2, 0.25) is 0 Å². The summed E-state index contributed by atoms with van der Waals surface area (Å²) in [7, 11) is 0. The first kappa shape index (κ1) is 19.5. The van der Waals surface area contributed by atoms with Crippen LogP contribution >= 0.6 is 11.8 Å². The number of carbonyl (C=O) groups is 4. The molecule has 1 aromatic carbocycles. The van der Waals surface area contributed by atoms with E-state index in [2.05, 4.69) is 5.32 Å². The molecule has 0 aromatic heterocycles. The molecule has 9 heteroatoms. The average molecular weight is 355 g/mol. The molecule has 24 heavy (non-hydrogen) atoms. The number of aliphatic carboxylic acids is 2. The van der Waals surface area contributed by atoms with Crippen molar-refractivity contribution in [2.24, 2.45) is 0 Å². The van der Waals surface area contributed by atoms with Gasteiger partial charge in [-0.2, -0.15) is 0 Å². The van der Waals surface area contributed by atoms with Crippen LogP contribution in [-0.4, -0.2) is 45.2 Å². The van der Waals surface area contributed by atoms with Crippen LogP contribution in [0.1, 0.15) is 18.4 Å². The van der Waals surface area contributed by atoms with Crippen LogP contribution in [0.3, 0.4) is 0 Å². The second-order valence-corrected chi connectivity index (χ2v) is 5.72. The van der Waals surface area contributed by atoms with Gasteiger partial charge >= 0.3 is 18.0 Å². The highest BCUT2D eigenvalue weighted by molar-refractivity contribution is 8.14. The first-order chi connectivity index (χ1) is 11.4. The number of amides is 1. The van der Waals surface area contributed by atoms with Gasteiger partial charge in [-0.25, -0.2) is 9.59 Å². The van der Waals surface area contributed by atoms with Crippen LogP contribution in [0.4, 0.5) is 4.79 Å². The van der Waals surface area contributed by atoms with Crippen molar-refractivity contribution in [1.82, 2.24) is 5.32 Å². The molecule has 0 aliphatic heterocycles. The third-order valence-corrected chi connectivity index (χ3v) is 3.71. The highest BCUT2D eigenvalue weighted by Gasteiger charge is 2.22. The van der Waals surface area contributed by atoms with Gasteiger partial charge in [-0.05, 0) is 12.0 Å². The van der Waals surface area contributed by atoms with Crippen molar-refractivity contribution in [3.8, 4) is 0 Å². The number of hydrogen-bond acceptors (Lipinski definition) is 6. The van der Waals surface area contributed by atoms with Crippen molar-refractivity contribution < 1.29 is 34.1 Å². The number of benzene rings is 1. The monoisotopic (exact) mass is 355 g/mol. The molecule has 0 saturated heterocycles. The van der Waals surface area contributed by atoms with E-state index < -0.39 is 29.2 Å². The number of alkyl carbamates (subject to hydrolysis) is 1. The Hall–Kier alpha value is -2.55. The van der Waals surface area contributed by atoms with Gasteiger partial charge in [-0.15, -0.1) is 0 Å². The fourth-order valence-corrected chi connectivity index (χ4v) is 2.19. The summed E-state index contributed by atoms with van der Waals surface area (Å²) in [6, 6.07) is 7.57. The Balaban J connectivity index is 2.39. The minimum absolute atomic E-state index is 0.00753. The fourth-order valence-electron chi connectivity index (χ4n) is 1.64. The van der Waals surface area contributed by atoms with E-state index in [0.717, 1.165) is 5.56 Å². The van der Waals surface area contributed by atoms with Crippen LogP contribution in [0, 0.1) is 0 Å². The Morgan fingerprint density at radius 3 is 2.38 bits per heavy atom. The fraction of sp³-hybridized carbons (Fsp3) is 0.333. The molecule has 0 aliphatic rings. The topological polar surface area (TPSA) is 130 Å². The maximum atomic E-state index is 11.6. The molecule has 0 saturated carbocycles. The number of carboxylic acids is 2. The molecule has 0 aliphatic carbocycles. The normalized spacial score (nSPS) is 11.3. The third-order valence-electron chi connectivity index (χ3n) is 2.80. The van der Waals surface area contributed by atoms with E-state index in [0.29, 0.717) is 11.8 Å². The van der Waals surface area contributed by atoms with Gasteiger partial charge in [0, 0.05) is 6.42 Å². The predicted octanol–water partition coefficient (Wildman–Crippen LogP) is 1.49. The summed E-state index contributed by atoms with van der Waals surface area (Å²) in [4.78, 5) is 44.5. The van der Waals surface area contributed by atoms with Gasteiger partial charge in [0.1, 0.15) is 12.6 Å². The van der Waals surface area contributed by atoms with Gasteiger partial charge in [0.25, 0.3) is 0 Å². The van der Waals surface area contributed by atoms with Crippen LogP contribution < -0.4 is 5.32 Å². The summed E-state index contributed by atoms with van der Waals surface area (Å²) in [6.07, 6.45) is -1.23. The van der Waals surface area contributed by atoms with Gasteiger partial charge in [-0.3, -0.25) is 9.59 Å². The Labute approximate surface area is 142 Å². The Morgan fingerprint density at radius 1 is 1.12 bits per heavy atom. The highest BCUT2D eigenvalue weighted by Crippen LogP contribution is 2.10.